The quantitative estimate of drug-likeness (QED) is 0.103. The van der Waals surface area contributed by atoms with E-state index < -0.39 is 42.7 Å². The predicted molar refractivity (Wildman–Crippen MR) is 151 cm³/mol. The van der Waals surface area contributed by atoms with Gasteiger partial charge < -0.3 is 29.1 Å². The molecule has 220 valence electrons. The van der Waals surface area contributed by atoms with Gasteiger partial charge in [-0.15, -0.1) is 0 Å². The topological polar surface area (TPSA) is 139 Å². The number of phosphoric acid groups is 1. The Kier molecular flexibility index (Phi) is 19.2. The first kappa shape index (κ1) is 36.4. The van der Waals surface area contributed by atoms with Crippen LogP contribution in [0.4, 0.5) is 0 Å². The number of esters is 2. The summed E-state index contributed by atoms with van der Waals surface area (Å²) in [7, 11) is -7.23. The highest BCUT2D eigenvalue weighted by atomic mass is 31.2. The first-order chi connectivity index (χ1) is 17.3. The van der Waals surface area contributed by atoms with Crippen LogP contribution in [0.3, 0.4) is 0 Å². The molecule has 0 saturated heterocycles. The third-order valence-corrected chi connectivity index (χ3v) is 14.2. The molecule has 0 fully saturated rings. The van der Waals surface area contributed by atoms with E-state index in [0.29, 0.717) is 0 Å². The van der Waals surface area contributed by atoms with E-state index in [0.717, 1.165) is 24.9 Å². The Balaban J connectivity index is 4.79. The molecule has 12 heteroatoms. The van der Waals surface area contributed by atoms with Crippen molar-refractivity contribution in [2.45, 2.75) is 122 Å². The van der Waals surface area contributed by atoms with Gasteiger partial charge in [-0.3, -0.25) is 14.2 Å². The van der Waals surface area contributed by atoms with Crippen LogP contribution < -0.4 is 10.6 Å². The lowest BCUT2D eigenvalue weighted by Gasteiger charge is -2.25. The molecule has 0 heterocycles. The first-order valence-corrected chi connectivity index (χ1v) is 22.3. The van der Waals surface area contributed by atoms with Gasteiger partial charge in [-0.05, 0) is 12.8 Å². The highest BCUT2D eigenvalue weighted by Gasteiger charge is 2.24. The Hall–Kier alpha value is -0.556. The molecule has 9 nitrogen and oxygen atoms in total. The summed E-state index contributed by atoms with van der Waals surface area (Å²) in [6, 6.07) is 4.54. The van der Waals surface area contributed by atoms with Gasteiger partial charge >= 0.3 is 11.9 Å². The summed E-state index contributed by atoms with van der Waals surface area (Å²) in [6.45, 7) is 13.1. The molecule has 0 aromatic carbocycles. The van der Waals surface area contributed by atoms with Crippen molar-refractivity contribution >= 4 is 35.9 Å². The Morgan fingerprint density at radius 3 is 1.78 bits per heavy atom. The maximum Gasteiger partial charge on any atom is 0.306 e. The van der Waals surface area contributed by atoms with E-state index in [1.807, 2.05) is 0 Å². The zero-order valence-corrected chi connectivity index (χ0v) is 27.2. The van der Waals surface area contributed by atoms with Gasteiger partial charge in [0.2, 0.25) is 0 Å². The lowest BCUT2D eigenvalue weighted by Crippen LogP contribution is -2.52. The molecule has 2 atom stereocenters. The van der Waals surface area contributed by atoms with E-state index in [2.05, 4.69) is 50.3 Å². The summed E-state index contributed by atoms with van der Waals surface area (Å²) in [4.78, 5) is 36.7. The second kappa shape index (κ2) is 19.5. The van der Waals surface area contributed by atoms with Crippen LogP contribution in [0.2, 0.25) is 50.4 Å². The number of carbonyl (C=O) groups is 2. The highest BCUT2D eigenvalue weighted by Crippen LogP contribution is 2.38. The zero-order chi connectivity index (χ0) is 28.4. The van der Waals surface area contributed by atoms with Crippen molar-refractivity contribution in [2.75, 3.05) is 26.4 Å². The molecule has 0 spiro atoms. The van der Waals surface area contributed by atoms with Gasteiger partial charge in [0.05, 0.1) is 13.2 Å². The molecule has 0 aliphatic heterocycles. The third-order valence-electron chi connectivity index (χ3n) is 6.42. The maximum absolute atomic E-state index is 12.5. The number of ether oxygens (including phenoxy) is 2. The number of hydrogen-bond acceptors (Lipinski definition) is 8. The second-order valence-corrected chi connectivity index (χ2v) is 23.5. The van der Waals surface area contributed by atoms with Gasteiger partial charge in [0.25, 0.3) is 7.82 Å². The van der Waals surface area contributed by atoms with Crippen molar-refractivity contribution in [3.63, 3.8) is 0 Å². The number of phosphoric ester groups is 1. The molecule has 37 heavy (non-hydrogen) atoms. The lowest BCUT2D eigenvalue weighted by molar-refractivity contribution is -0.373. The molecule has 0 amide bonds. The Labute approximate surface area is 227 Å². The predicted octanol–water partition coefficient (Wildman–Crippen LogP) is 4.76. The monoisotopic (exact) mass is 583 g/mol. The zero-order valence-electron chi connectivity index (χ0n) is 24.3. The molecule has 3 N–H and O–H groups in total. The van der Waals surface area contributed by atoms with E-state index in [4.69, 9.17) is 14.0 Å². The molecule has 0 radical (unpaired) electrons. The highest BCUT2D eigenvalue weighted by molar-refractivity contribution is 7.45. The van der Waals surface area contributed by atoms with E-state index >= 15 is 0 Å². The minimum atomic E-state index is -4.57. The minimum absolute atomic E-state index is 0.101. The molecule has 0 aliphatic rings. The van der Waals surface area contributed by atoms with Gasteiger partial charge in [0.15, 0.2) is 6.10 Å². The van der Waals surface area contributed by atoms with E-state index in [-0.39, 0.29) is 38.6 Å². The summed E-state index contributed by atoms with van der Waals surface area (Å²) in [5.74, 6) is -0.836. The normalized spacial score (nSPS) is 14.7. The summed E-state index contributed by atoms with van der Waals surface area (Å²) in [5, 5.41) is 0. The van der Waals surface area contributed by atoms with Crippen LogP contribution in [0, 0.1) is 0 Å². The van der Waals surface area contributed by atoms with Gasteiger partial charge in [-0.2, -0.15) is 0 Å². The molecule has 0 aliphatic carbocycles. The van der Waals surface area contributed by atoms with Crippen molar-refractivity contribution in [3.05, 3.63) is 0 Å². The van der Waals surface area contributed by atoms with Crippen molar-refractivity contribution in [1.82, 2.24) is 0 Å². The van der Waals surface area contributed by atoms with Crippen molar-refractivity contribution < 1.29 is 43.3 Å². The molecule has 0 saturated carbocycles. The second-order valence-electron chi connectivity index (χ2n) is 11.5. The van der Waals surface area contributed by atoms with Gasteiger partial charge in [0.1, 0.15) is 13.2 Å². The number of unbranched alkanes of at least 4 members (excludes halogenated alkanes) is 2. The van der Waals surface area contributed by atoms with Crippen LogP contribution >= 0.6 is 7.82 Å². The van der Waals surface area contributed by atoms with E-state index in [9.17, 15) is 19.0 Å². The SMILES string of the molecule is CCCC[Si](C)(C)CCCC(=O)OCC(COP(=O)([O-])OCC[NH3+])OC(=O)CCC[Si](C)(C)CCCC. The average molecular weight is 584 g/mol. The van der Waals surface area contributed by atoms with Crippen LogP contribution in [0.1, 0.15) is 65.2 Å². The summed E-state index contributed by atoms with van der Waals surface area (Å²) < 4.78 is 32.3. The van der Waals surface area contributed by atoms with Crippen LogP contribution in [-0.4, -0.2) is 60.6 Å². The first-order valence-electron chi connectivity index (χ1n) is 14.0. The number of carbonyl (C=O) groups excluding carboxylic acids is 2. The lowest BCUT2D eigenvalue weighted by atomic mass is 10.3. The number of rotatable bonds is 23. The van der Waals surface area contributed by atoms with Crippen LogP contribution in [-0.2, 0) is 32.7 Å². The van der Waals surface area contributed by atoms with E-state index in [1.54, 1.807) is 0 Å². The fourth-order valence-electron chi connectivity index (χ4n) is 3.99. The fourth-order valence-corrected chi connectivity index (χ4v) is 10.2. The van der Waals surface area contributed by atoms with Crippen LogP contribution in [0.15, 0.2) is 0 Å². The molecule has 0 rings (SSSR count). The van der Waals surface area contributed by atoms with Crippen molar-refractivity contribution in [3.8, 4) is 0 Å². The van der Waals surface area contributed by atoms with Gasteiger partial charge in [-0.25, -0.2) is 0 Å². The average Bonchev–Trinajstić information content (AvgIpc) is 2.81. The Morgan fingerprint density at radius 1 is 0.811 bits per heavy atom. The van der Waals surface area contributed by atoms with Crippen molar-refractivity contribution in [1.29, 1.82) is 0 Å². The smallest absolute Gasteiger partial charge is 0.306 e. The largest absolute Gasteiger partial charge is 0.756 e. The van der Waals surface area contributed by atoms with Crippen LogP contribution in [0.25, 0.3) is 0 Å². The van der Waals surface area contributed by atoms with Crippen molar-refractivity contribution in [2.24, 2.45) is 0 Å². The number of hydrogen-bond donors (Lipinski definition) is 1. The third kappa shape index (κ3) is 21.0. The maximum atomic E-state index is 12.5. The Morgan fingerprint density at radius 2 is 1.30 bits per heavy atom. The molecular weight excluding hydrogens is 529 g/mol. The summed E-state index contributed by atoms with van der Waals surface area (Å²) in [6.07, 6.45) is 5.74. The fraction of sp³-hybridized carbons (Fsp3) is 0.920. The minimum Gasteiger partial charge on any atom is -0.756 e. The summed E-state index contributed by atoms with van der Waals surface area (Å²) in [5.41, 5.74) is 3.53. The van der Waals surface area contributed by atoms with Gasteiger partial charge in [-0.1, -0.05) is 89.9 Å². The van der Waals surface area contributed by atoms with E-state index in [1.165, 1.54) is 37.8 Å². The van der Waals surface area contributed by atoms with Crippen LogP contribution in [0.5, 0.6) is 0 Å². The summed E-state index contributed by atoms with van der Waals surface area (Å²) >= 11 is 0. The number of quaternary nitrogens is 1. The molecule has 2 unspecified atom stereocenters. The Bertz CT molecular complexity index is 694. The standard InChI is InChI=1S/C25H54NO8PSi2/c1-7-9-17-36(3,4)19-11-13-24(27)31-21-23(22-33-35(29,30)32-16-15-26)34-25(28)14-12-20-37(5,6)18-10-8-2/h23H,7-22,26H2,1-6H3,(H,29,30). The molecule has 0 aromatic rings. The molecule has 0 bridgehead atoms. The van der Waals surface area contributed by atoms with Gasteiger partial charge in [0, 0.05) is 29.0 Å². The molecular formula is C25H54NO8PSi2. The molecule has 0 aromatic heterocycles.